The number of amides is 1. The molecule has 5 nitrogen and oxygen atoms in total. The number of pyridine rings is 1. The van der Waals surface area contributed by atoms with Crippen molar-refractivity contribution in [1.82, 2.24) is 15.2 Å². The van der Waals surface area contributed by atoms with E-state index in [1.807, 2.05) is 12.4 Å². The minimum Gasteiger partial charge on any atom is -0.370 e. The van der Waals surface area contributed by atoms with Gasteiger partial charge in [-0.15, -0.1) is 0 Å². The van der Waals surface area contributed by atoms with Gasteiger partial charge >= 0.3 is 0 Å². The summed E-state index contributed by atoms with van der Waals surface area (Å²) in [6.45, 7) is 6.00. The standard InChI is InChI=1S/C22H31N3O2/c1-21(7-2-3-8-21)20(26)24-12-17-18-14-25(13-16-5-10-23-11-6-16)15-22(18)9-4-19(17)27-22/h5-6,10-11,17-19H,2-4,7-9,12-15H2,1H3,(H,24,26)/t17-,18+,19+,22+/m0/s1. The van der Waals surface area contributed by atoms with Crippen molar-refractivity contribution in [2.45, 2.75) is 63.7 Å². The number of likely N-dealkylation sites (tertiary alicyclic amines) is 1. The predicted octanol–water partition coefficient (Wildman–Crippen LogP) is 2.76. The summed E-state index contributed by atoms with van der Waals surface area (Å²) < 4.78 is 6.54. The first-order valence-electron chi connectivity index (χ1n) is 10.7. The van der Waals surface area contributed by atoms with E-state index >= 15 is 0 Å². The van der Waals surface area contributed by atoms with Gasteiger partial charge in [-0.25, -0.2) is 0 Å². The zero-order valence-corrected chi connectivity index (χ0v) is 16.3. The first-order chi connectivity index (χ1) is 13.1. The number of rotatable bonds is 5. The molecule has 2 bridgehead atoms. The van der Waals surface area contributed by atoms with Crippen molar-refractivity contribution in [3.63, 3.8) is 0 Å². The molecular weight excluding hydrogens is 338 g/mol. The summed E-state index contributed by atoms with van der Waals surface area (Å²) in [4.78, 5) is 19.4. The van der Waals surface area contributed by atoms with Crippen molar-refractivity contribution in [3.8, 4) is 0 Å². The van der Waals surface area contributed by atoms with Gasteiger partial charge in [-0.2, -0.15) is 0 Å². The summed E-state index contributed by atoms with van der Waals surface area (Å²) >= 11 is 0. The van der Waals surface area contributed by atoms with Crippen LogP contribution in [-0.2, 0) is 16.1 Å². The van der Waals surface area contributed by atoms with Crippen LogP contribution in [0.3, 0.4) is 0 Å². The largest absolute Gasteiger partial charge is 0.370 e. The highest BCUT2D eigenvalue weighted by Crippen LogP contribution is 2.54. The quantitative estimate of drug-likeness (QED) is 0.867. The summed E-state index contributed by atoms with van der Waals surface area (Å²) in [6, 6.07) is 4.20. The molecule has 4 fully saturated rings. The number of carbonyl (C=O) groups is 1. The van der Waals surface area contributed by atoms with Crippen molar-refractivity contribution in [1.29, 1.82) is 0 Å². The topological polar surface area (TPSA) is 54.5 Å². The molecule has 5 rings (SSSR count). The summed E-state index contributed by atoms with van der Waals surface area (Å²) in [5.41, 5.74) is 1.21. The van der Waals surface area contributed by atoms with E-state index in [-0.39, 0.29) is 16.9 Å². The Hall–Kier alpha value is -1.46. The highest BCUT2D eigenvalue weighted by Gasteiger charge is 2.62. The Morgan fingerprint density at radius 2 is 2.07 bits per heavy atom. The molecule has 4 aliphatic rings. The third kappa shape index (κ3) is 2.99. The number of fused-ring (bicyclic) bond motifs is 1. The molecule has 4 heterocycles. The Bertz CT molecular complexity index is 703. The van der Waals surface area contributed by atoms with Gasteiger partial charge < -0.3 is 10.1 Å². The number of ether oxygens (including phenoxy) is 1. The van der Waals surface area contributed by atoms with Crippen molar-refractivity contribution in [3.05, 3.63) is 30.1 Å². The fourth-order valence-electron chi connectivity index (χ4n) is 6.23. The van der Waals surface area contributed by atoms with Crippen LogP contribution in [0.15, 0.2) is 24.5 Å². The highest BCUT2D eigenvalue weighted by atomic mass is 16.5. The van der Waals surface area contributed by atoms with Crippen molar-refractivity contribution >= 4 is 5.91 Å². The number of carbonyl (C=O) groups excluding carboxylic acids is 1. The molecule has 0 unspecified atom stereocenters. The van der Waals surface area contributed by atoms with Gasteiger partial charge in [-0.1, -0.05) is 19.8 Å². The van der Waals surface area contributed by atoms with E-state index in [2.05, 4.69) is 34.3 Å². The number of aromatic nitrogens is 1. The maximum Gasteiger partial charge on any atom is 0.225 e. The molecule has 1 aliphatic carbocycles. The lowest BCUT2D eigenvalue weighted by atomic mass is 9.73. The molecule has 1 N–H and O–H groups in total. The Balaban J connectivity index is 1.24. The molecule has 1 aromatic heterocycles. The summed E-state index contributed by atoms with van der Waals surface area (Å²) in [7, 11) is 0. The van der Waals surface area contributed by atoms with E-state index in [9.17, 15) is 4.79 Å². The number of hydrogen-bond acceptors (Lipinski definition) is 4. The van der Waals surface area contributed by atoms with E-state index in [0.717, 1.165) is 45.4 Å². The van der Waals surface area contributed by atoms with Crippen LogP contribution in [0.5, 0.6) is 0 Å². The summed E-state index contributed by atoms with van der Waals surface area (Å²) in [5, 5.41) is 3.32. The first-order valence-corrected chi connectivity index (χ1v) is 10.7. The molecule has 5 heteroatoms. The SMILES string of the molecule is CC1(C(=O)NC[C@H]2[C@H]3CN(Cc4ccncc4)C[C@]34CC[C@H]2O4)CCCC1. The molecule has 1 saturated carbocycles. The van der Waals surface area contributed by atoms with Gasteiger partial charge in [0.15, 0.2) is 0 Å². The van der Waals surface area contributed by atoms with E-state index in [1.54, 1.807) is 0 Å². The molecule has 3 aliphatic heterocycles. The predicted molar refractivity (Wildman–Crippen MR) is 103 cm³/mol. The van der Waals surface area contributed by atoms with E-state index in [1.165, 1.54) is 24.8 Å². The lowest BCUT2D eigenvalue weighted by molar-refractivity contribution is -0.130. The van der Waals surface area contributed by atoms with Gasteiger partial charge in [0, 0.05) is 55.8 Å². The van der Waals surface area contributed by atoms with E-state index in [0.29, 0.717) is 17.9 Å². The maximum absolute atomic E-state index is 12.8. The second kappa shape index (κ2) is 6.56. The Kier molecular flexibility index (Phi) is 4.28. The van der Waals surface area contributed by atoms with Gasteiger partial charge in [0.05, 0.1) is 11.7 Å². The monoisotopic (exact) mass is 369 g/mol. The molecule has 1 amide bonds. The number of hydrogen-bond donors (Lipinski definition) is 1. The van der Waals surface area contributed by atoms with Gasteiger partial charge in [0.1, 0.15) is 0 Å². The Labute approximate surface area is 161 Å². The third-order valence-electron chi connectivity index (χ3n) is 7.76. The van der Waals surface area contributed by atoms with Crippen molar-refractivity contribution in [2.75, 3.05) is 19.6 Å². The Morgan fingerprint density at radius 1 is 1.30 bits per heavy atom. The van der Waals surface area contributed by atoms with Crippen molar-refractivity contribution in [2.24, 2.45) is 17.3 Å². The van der Waals surface area contributed by atoms with Crippen LogP contribution in [0, 0.1) is 17.3 Å². The minimum absolute atomic E-state index is 0.0321. The van der Waals surface area contributed by atoms with Crippen molar-refractivity contribution < 1.29 is 9.53 Å². The van der Waals surface area contributed by atoms with Crippen LogP contribution in [0.1, 0.15) is 51.0 Å². The average molecular weight is 370 g/mol. The second-order valence-corrected chi connectivity index (χ2v) is 9.53. The van der Waals surface area contributed by atoms with Crippen LogP contribution in [0.2, 0.25) is 0 Å². The smallest absolute Gasteiger partial charge is 0.225 e. The summed E-state index contributed by atoms with van der Waals surface area (Å²) in [5.74, 6) is 1.29. The van der Waals surface area contributed by atoms with Crippen LogP contribution in [0.25, 0.3) is 0 Å². The van der Waals surface area contributed by atoms with Gasteiger partial charge in [0.25, 0.3) is 0 Å². The molecule has 0 aromatic carbocycles. The van der Waals surface area contributed by atoms with E-state index in [4.69, 9.17) is 4.74 Å². The molecule has 27 heavy (non-hydrogen) atoms. The Morgan fingerprint density at radius 3 is 2.85 bits per heavy atom. The fourth-order valence-corrected chi connectivity index (χ4v) is 6.23. The maximum atomic E-state index is 12.8. The molecule has 3 saturated heterocycles. The zero-order valence-electron chi connectivity index (χ0n) is 16.3. The summed E-state index contributed by atoms with van der Waals surface area (Å²) in [6.07, 6.45) is 10.9. The molecule has 1 aromatic rings. The number of nitrogens with one attached hydrogen (secondary N) is 1. The normalized spacial score (nSPS) is 36.9. The van der Waals surface area contributed by atoms with Gasteiger partial charge in [-0.3, -0.25) is 14.7 Å². The van der Waals surface area contributed by atoms with Crippen LogP contribution in [0.4, 0.5) is 0 Å². The molecule has 1 spiro atoms. The van der Waals surface area contributed by atoms with Crippen LogP contribution >= 0.6 is 0 Å². The second-order valence-electron chi connectivity index (χ2n) is 9.53. The minimum atomic E-state index is -0.140. The highest BCUT2D eigenvalue weighted by molar-refractivity contribution is 5.82. The van der Waals surface area contributed by atoms with E-state index < -0.39 is 0 Å². The lowest BCUT2D eigenvalue weighted by Gasteiger charge is -2.31. The third-order valence-corrected chi connectivity index (χ3v) is 7.76. The van der Waals surface area contributed by atoms with Crippen LogP contribution in [-0.4, -0.2) is 47.1 Å². The molecule has 0 radical (unpaired) electrons. The lowest BCUT2D eigenvalue weighted by Crippen LogP contribution is -2.45. The zero-order chi connectivity index (χ0) is 18.5. The fraction of sp³-hybridized carbons (Fsp3) is 0.727. The van der Waals surface area contributed by atoms with Gasteiger partial charge in [0.2, 0.25) is 5.91 Å². The molecule has 4 atom stereocenters. The van der Waals surface area contributed by atoms with Crippen LogP contribution < -0.4 is 5.32 Å². The molecule has 146 valence electrons. The molecular formula is C22H31N3O2. The van der Waals surface area contributed by atoms with Gasteiger partial charge in [-0.05, 0) is 43.4 Å². The number of nitrogens with zero attached hydrogens (tertiary/aromatic N) is 2. The average Bonchev–Trinajstić information content (AvgIpc) is 3.41. The first kappa shape index (κ1) is 17.6.